The normalized spacial score (nSPS) is 28.0. The minimum Gasteiger partial charge on any atom is -0.373 e. The molecule has 0 saturated carbocycles. The van der Waals surface area contributed by atoms with Crippen molar-refractivity contribution in [1.29, 1.82) is 0 Å². The Hall–Kier alpha value is 0.0700. The predicted molar refractivity (Wildman–Crippen MR) is 37.1 cm³/mol. The Morgan fingerprint density at radius 2 is 2.45 bits per heavy atom. The van der Waals surface area contributed by atoms with Crippen molar-refractivity contribution in [3.63, 3.8) is 0 Å². The summed E-state index contributed by atoms with van der Waals surface area (Å²) in [5, 5.41) is 0. The van der Waals surface area contributed by atoms with Gasteiger partial charge in [0, 0.05) is 7.11 Å². The highest BCUT2D eigenvalue weighted by Gasteiger charge is 2.24. The van der Waals surface area contributed by atoms with E-state index in [1.54, 1.807) is 0 Å². The molecule has 0 aromatic heterocycles. The molecule has 1 saturated heterocycles. The van der Waals surface area contributed by atoms with Gasteiger partial charge in [-0.2, -0.15) is 0 Å². The van der Waals surface area contributed by atoms with Gasteiger partial charge in [-0.15, -0.1) is 0 Å². The van der Waals surface area contributed by atoms with E-state index in [0.717, 1.165) is 13.7 Å². The molecule has 0 bridgehead atoms. The molecule has 1 aliphatic heterocycles. The number of phosphoric acid groups is 1. The molecular formula is C5H11O5P. The molecule has 0 radical (unpaired) electrons. The van der Waals surface area contributed by atoms with Crippen molar-refractivity contribution >= 4 is 7.82 Å². The molecule has 1 fully saturated rings. The molecule has 0 aromatic carbocycles. The first kappa shape index (κ1) is 9.16. The molecular weight excluding hydrogens is 171 g/mol. The molecule has 2 atom stereocenters. The Bertz CT molecular complexity index is 166. The van der Waals surface area contributed by atoms with E-state index in [1.165, 1.54) is 0 Å². The van der Waals surface area contributed by atoms with Crippen molar-refractivity contribution in [2.24, 2.45) is 0 Å². The minimum atomic E-state index is -3.76. The maximum absolute atomic E-state index is 10.7. The van der Waals surface area contributed by atoms with Gasteiger partial charge in [-0.3, -0.25) is 9.05 Å². The summed E-state index contributed by atoms with van der Waals surface area (Å²) >= 11 is 0. The van der Waals surface area contributed by atoms with Gasteiger partial charge >= 0.3 is 7.82 Å². The van der Waals surface area contributed by atoms with Crippen LogP contribution in [0.1, 0.15) is 6.42 Å². The summed E-state index contributed by atoms with van der Waals surface area (Å²) in [4.78, 5) is 8.73. The van der Waals surface area contributed by atoms with Crippen molar-refractivity contribution < 1.29 is 23.2 Å². The van der Waals surface area contributed by atoms with Crippen LogP contribution in [0, 0.1) is 0 Å². The molecule has 66 valence electrons. The summed E-state index contributed by atoms with van der Waals surface area (Å²) in [6, 6.07) is 0. The van der Waals surface area contributed by atoms with E-state index in [-0.39, 0.29) is 12.7 Å². The number of hydrogen-bond acceptors (Lipinski definition) is 4. The summed E-state index contributed by atoms with van der Waals surface area (Å²) in [7, 11) is -2.62. The van der Waals surface area contributed by atoms with E-state index < -0.39 is 7.82 Å². The molecule has 0 aromatic rings. The number of phosphoric ester groups is 1. The first-order chi connectivity index (χ1) is 5.14. The van der Waals surface area contributed by atoms with Crippen molar-refractivity contribution in [1.82, 2.24) is 0 Å². The van der Waals surface area contributed by atoms with E-state index in [1.807, 2.05) is 0 Å². The van der Waals surface area contributed by atoms with Gasteiger partial charge in [-0.25, -0.2) is 4.57 Å². The highest BCUT2D eigenvalue weighted by molar-refractivity contribution is 7.47. The Morgan fingerprint density at radius 3 is 2.91 bits per heavy atom. The lowest BCUT2D eigenvalue weighted by Gasteiger charge is -2.07. The molecule has 6 heteroatoms. The van der Waals surface area contributed by atoms with Crippen LogP contribution in [-0.2, 0) is 18.3 Å². The van der Waals surface area contributed by atoms with Crippen LogP contribution < -0.4 is 0 Å². The standard InChI is InChI=1S/C5H11O5P/c1-8-11(6,7)10-3-2-5-4-9-5/h5H,2-4H2,1H3,(H,6,7). The van der Waals surface area contributed by atoms with Crippen LogP contribution in [0.2, 0.25) is 0 Å². The fraction of sp³-hybridized carbons (Fsp3) is 1.00. The molecule has 1 aliphatic rings. The Labute approximate surface area is 64.9 Å². The zero-order valence-corrected chi connectivity index (χ0v) is 7.12. The second-order valence-electron chi connectivity index (χ2n) is 2.23. The lowest BCUT2D eigenvalue weighted by atomic mass is 10.4. The first-order valence-corrected chi connectivity index (χ1v) is 4.78. The van der Waals surface area contributed by atoms with Crippen LogP contribution in [0.3, 0.4) is 0 Å². The second kappa shape index (κ2) is 3.65. The van der Waals surface area contributed by atoms with Crippen LogP contribution in [0.4, 0.5) is 0 Å². The molecule has 1 rings (SSSR count). The van der Waals surface area contributed by atoms with Gasteiger partial charge in [0.2, 0.25) is 0 Å². The summed E-state index contributed by atoms with van der Waals surface area (Å²) < 4.78 is 24.2. The summed E-state index contributed by atoms with van der Waals surface area (Å²) in [5.41, 5.74) is 0. The molecule has 0 spiro atoms. The third kappa shape index (κ3) is 3.84. The van der Waals surface area contributed by atoms with Crippen LogP contribution in [0.15, 0.2) is 0 Å². The zero-order chi connectivity index (χ0) is 8.32. The predicted octanol–water partition coefficient (Wildman–Crippen LogP) is 0.539. The lowest BCUT2D eigenvalue weighted by molar-refractivity contribution is 0.167. The largest absolute Gasteiger partial charge is 0.471 e. The van der Waals surface area contributed by atoms with E-state index >= 15 is 0 Å². The molecule has 2 unspecified atom stereocenters. The summed E-state index contributed by atoms with van der Waals surface area (Å²) in [6.45, 7) is 0.929. The van der Waals surface area contributed by atoms with E-state index in [0.29, 0.717) is 6.42 Å². The van der Waals surface area contributed by atoms with E-state index in [9.17, 15) is 4.57 Å². The quantitative estimate of drug-likeness (QED) is 0.496. The Balaban J connectivity index is 2.04. The van der Waals surface area contributed by atoms with Gasteiger partial charge in [-0.05, 0) is 6.42 Å². The van der Waals surface area contributed by atoms with Crippen molar-refractivity contribution in [2.75, 3.05) is 20.3 Å². The van der Waals surface area contributed by atoms with Gasteiger partial charge in [0.25, 0.3) is 0 Å². The molecule has 11 heavy (non-hydrogen) atoms. The van der Waals surface area contributed by atoms with Gasteiger partial charge in [0.05, 0.1) is 19.3 Å². The monoisotopic (exact) mass is 182 g/mol. The molecule has 0 aliphatic carbocycles. The fourth-order valence-electron chi connectivity index (χ4n) is 0.587. The Kier molecular flexibility index (Phi) is 3.04. The zero-order valence-electron chi connectivity index (χ0n) is 6.23. The minimum absolute atomic E-state index is 0.201. The van der Waals surface area contributed by atoms with Crippen molar-refractivity contribution in [3.05, 3.63) is 0 Å². The SMILES string of the molecule is COP(=O)(O)OCCC1CO1. The number of rotatable bonds is 5. The molecule has 1 heterocycles. The van der Waals surface area contributed by atoms with E-state index in [2.05, 4.69) is 9.05 Å². The van der Waals surface area contributed by atoms with E-state index in [4.69, 9.17) is 9.63 Å². The average Bonchev–Trinajstić information content (AvgIpc) is 2.71. The van der Waals surface area contributed by atoms with Crippen molar-refractivity contribution in [3.8, 4) is 0 Å². The molecule has 1 N–H and O–H groups in total. The smallest absolute Gasteiger partial charge is 0.373 e. The van der Waals surface area contributed by atoms with Crippen molar-refractivity contribution in [2.45, 2.75) is 12.5 Å². The van der Waals surface area contributed by atoms with Crippen LogP contribution >= 0.6 is 7.82 Å². The molecule has 0 amide bonds. The fourth-order valence-corrected chi connectivity index (χ4v) is 1.03. The third-order valence-electron chi connectivity index (χ3n) is 1.33. The highest BCUT2D eigenvalue weighted by atomic mass is 31.2. The average molecular weight is 182 g/mol. The molecule has 5 nitrogen and oxygen atoms in total. The van der Waals surface area contributed by atoms with Gasteiger partial charge in [0.15, 0.2) is 0 Å². The number of ether oxygens (including phenoxy) is 1. The van der Waals surface area contributed by atoms with Crippen LogP contribution in [0.25, 0.3) is 0 Å². The maximum Gasteiger partial charge on any atom is 0.471 e. The maximum atomic E-state index is 10.7. The number of hydrogen-bond donors (Lipinski definition) is 1. The highest BCUT2D eigenvalue weighted by Crippen LogP contribution is 2.42. The van der Waals surface area contributed by atoms with Crippen LogP contribution in [0.5, 0.6) is 0 Å². The second-order valence-corrected chi connectivity index (χ2v) is 3.79. The summed E-state index contributed by atoms with van der Waals surface area (Å²) in [5.74, 6) is 0. The van der Waals surface area contributed by atoms with Gasteiger partial charge in [0.1, 0.15) is 0 Å². The summed E-state index contributed by atoms with van der Waals surface area (Å²) in [6.07, 6.45) is 0.861. The topological polar surface area (TPSA) is 68.3 Å². The van der Waals surface area contributed by atoms with Gasteiger partial charge < -0.3 is 9.63 Å². The van der Waals surface area contributed by atoms with Gasteiger partial charge in [-0.1, -0.05) is 0 Å². The number of epoxide rings is 1. The van der Waals surface area contributed by atoms with Crippen LogP contribution in [-0.4, -0.2) is 31.3 Å². The first-order valence-electron chi connectivity index (χ1n) is 3.29. The lowest BCUT2D eigenvalue weighted by Crippen LogP contribution is -1.97. The third-order valence-corrected chi connectivity index (χ3v) is 2.30. The Morgan fingerprint density at radius 1 is 1.82 bits per heavy atom.